The second-order valence-corrected chi connectivity index (χ2v) is 2.39. The van der Waals surface area contributed by atoms with E-state index in [-0.39, 0.29) is 0 Å². The summed E-state index contributed by atoms with van der Waals surface area (Å²) < 4.78 is 0. The van der Waals surface area contributed by atoms with Crippen molar-refractivity contribution in [1.29, 1.82) is 0 Å². The number of nitrogens with one attached hydrogen (secondary N) is 1. The molecule has 0 aromatic rings. The first-order chi connectivity index (χ1) is 4.66. The zero-order chi connectivity index (χ0) is 7.98. The zero-order valence-electron chi connectivity index (χ0n) is 6.32. The minimum absolute atomic E-state index is 0.542. The highest BCUT2D eigenvalue weighted by atomic mass is 35.5. The van der Waals surface area contributed by atoms with Gasteiger partial charge in [0.25, 0.3) is 0 Å². The Morgan fingerprint density at radius 3 is 2.60 bits per heavy atom. The van der Waals surface area contributed by atoms with Gasteiger partial charge < -0.3 is 5.32 Å². The molecule has 1 nitrogen and oxygen atoms in total. The van der Waals surface area contributed by atoms with Gasteiger partial charge in [0.1, 0.15) is 0 Å². The molecule has 2 heteroatoms. The van der Waals surface area contributed by atoms with Gasteiger partial charge in [-0.25, -0.2) is 0 Å². The summed E-state index contributed by atoms with van der Waals surface area (Å²) in [6, 6.07) is 0. The van der Waals surface area contributed by atoms with Crippen molar-refractivity contribution in [2.75, 3.05) is 7.05 Å². The number of allylic oxidation sites excluding steroid dienone is 5. The van der Waals surface area contributed by atoms with Crippen molar-refractivity contribution in [3.8, 4) is 0 Å². The molecule has 0 bridgehead atoms. The van der Waals surface area contributed by atoms with Gasteiger partial charge in [0.2, 0.25) is 0 Å². The third-order valence-electron chi connectivity index (χ3n) is 1.02. The van der Waals surface area contributed by atoms with Gasteiger partial charge in [-0.05, 0) is 19.1 Å². The number of halogens is 1. The summed E-state index contributed by atoms with van der Waals surface area (Å²) in [6.07, 6.45) is 5.51. The molecular formula is C8H12ClN. The Bertz CT molecular complexity index is 168. The van der Waals surface area contributed by atoms with E-state index in [4.69, 9.17) is 11.6 Å². The van der Waals surface area contributed by atoms with E-state index in [1.54, 1.807) is 6.08 Å². The lowest BCUT2D eigenvalue weighted by atomic mass is 10.4. The highest BCUT2D eigenvalue weighted by Gasteiger charge is 1.76. The van der Waals surface area contributed by atoms with E-state index in [2.05, 4.69) is 11.9 Å². The van der Waals surface area contributed by atoms with Crippen LogP contribution in [0.5, 0.6) is 0 Å². The van der Waals surface area contributed by atoms with Crippen molar-refractivity contribution < 1.29 is 0 Å². The van der Waals surface area contributed by atoms with E-state index in [1.807, 2.05) is 26.1 Å². The summed E-state index contributed by atoms with van der Waals surface area (Å²) >= 11 is 5.47. The maximum absolute atomic E-state index is 5.47. The molecule has 0 atom stereocenters. The van der Waals surface area contributed by atoms with Gasteiger partial charge in [0.15, 0.2) is 0 Å². The van der Waals surface area contributed by atoms with E-state index in [1.165, 1.54) is 0 Å². The van der Waals surface area contributed by atoms with Crippen LogP contribution in [0.1, 0.15) is 6.92 Å². The van der Waals surface area contributed by atoms with Crippen LogP contribution in [0.25, 0.3) is 0 Å². The molecule has 0 amide bonds. The van der Waals surface area contributed by atoms with Gasteiger partial charge in [-0.1, -0.05) is 24.3 Å². The van der Waals surface area contributed by atoms with Crippen LogP contribution in [-0.4, -0.2) is 7.05 Å². The average molecular weight is 158 g/mol. The third kappa shape index (κ3) is 5.45. The van der Waals surface area contributed by atoms with Crippen LogP contribution >= 0.6 is 11.6 Å². The maximum Gasteiger partial charge on any atom is 0.0334 e. The van der Waals surface area contributed by atoms with Gasteiger partial charge >= 0.3 is 0 Å². The fourth-order valence-electron chi connectivity index (χ4n) is 0.380. The molecule has 0 saturated heterocycles. The van der Waals surface area contributed by atoms with Gasteiger partial charge in [-0.2, -0.15) is 0 Å². The molecule has 0 fully saturated rings. The highest BCUT2D eigenvalue weighted by molar-refractivity contribution is 6.30. The normalized spacial score (nSPS) is 12.1. The molecule has 0 aliphatic carbocycles. The molecule has 10 heavy (non-hydrogen) atoms. The summed E-state index contributed by atoms with van der Waals surface area (Å²) in [5, 5.41) is 3.52. The first-order valence-corrected chi connectivity index (χ1v) is 3.41. The predicted molar refractivity (Wildman–Crippen MR) is 46.9 cm³/mol. The van der Waals surface area contributed by atoms with Crippen LogP contribution in [0, 0.1) is 0 Å². The zero-order valence-corrected chi connectivity index (χ0v) is 7.07. The quantitative estimate of drug-likeness (QED) is 0.621. The summed E-state index contributed by atoms with van der Waals surface area (Å²) in [5.74, 6) is 0. The molecule has 0 aliphatic heterocycles. The Balaban J connectivity index is 3.82. The predicted octanol–water partition coefficient (Wildman–Crippen LogP) is 2.42. The molecule has 1 N–H and O–H groups in total. The molecular weight excluding hydrogens is 146 g/mol. The van der Waals surface area contributed by atoms with Gasteiger partial charge in [-0.15, -0.1) is 0 Å². The monoisotopic (exact) mass is 157 g/mol. The minimum atomic E-state index is 0.542. The lowest BCUT2D eigenvalue weighted by molar-refractivity contribution is 0.990. The first kappa shape index (κ1) is 9.31. The fourth-order valence-corrected chi connectivity index (χ4v) is 0.453. The Hall–Kier alpha value is -0.690. The summed E-state index contributed by atoms with van der Waals surface area (Å²) in [4.78, 5) is 0. The van der Waals surface area contributed by atoms with Crippen LogP contribution in [0.15, 0.2) is 35.5 Å². The Morgan fingerprint density at radius 1 is 1.60 bits per heavy atom. The smallest absolute Gasteiger partial charge is 0.0334 e. The average Bonchev–Trinajstić information content (AvgIpc) is 1.87. The Labute approximate surface area is 67.1 Å². The van der Waals surface area contributed by atoms with E-state index in [9.17, 15) is 0 Å². The summed E-state index contributed by atoms with van der Waals surface area (Å²) in [5.41, 5.74) is 1.09. The molecule has 0 aromatic carbocycles. The van der Waals surface area contributed by atoms with E-state index >= 15 is 0 Å². The van der Waals surface area contributed by atoms with E-state index in [0.717, 1.165) is 5.70 Å². The topological polar surface area (TPSA) is 12.0 Å². The minimum Gasteiger partial charge on any atom is -0.392 e. The second-order valence-electron chi connectivity index (χ2n) is 1.91. The highest BCUT2D eigenvalue weighted by Crippen LogP contribution is 1.98. The van der Waals surface area contributed by atoms with Crippen molar-refractivity contribution in [2.24, 2.45) is 0 Å². The van der Waals surface area contributed by atoms with Crippen LogP contribution in [0.3, 0.4) is 0 Å². The van der Waals surface area contributed by atoms with E-state index in [0.29, 0.717) is 5.03 Å². The SMILES string of the molecule is C=C(Cl)/C=C\C=C(/C)NC. The lowest BCUT2D eigenvalue weighted by Crippen LogP contribution is -2.00. The summed E-state index contributed by atoms with van der Waals surface area (Å²) in [7, 11) is 1.87. The first-order valence-electron chi connectivity index (χ1n) is 3.04. The van der Waals surface area contributed by atoms with Crippen molar-refractivity contribution in [2.45, 2.75) is 6.92 Å². The molecule has 0 saturated carbocycles. The van der Waals surface area contributed by atoms with Crippen molar-refractivity contribution >= 4 is 11.6 Å². The molecule has 0 aromatic heterocycles. The molecule has 0 heterocycles. The Morgan fingerprint density at radius 2 is 2.20 bits per heavy atom. The van der Waals surface area contributed by atoms with Gasteiger partial charge in [0.05, 0.1) is 0 Å². The van der Waals surface area contributed by atoms with Crippen LogP contribution in [0.2, 0.25) is 0 Å². The third-order valence-corrected chi connectivity index (χ3v) is 1.14. The number of hydrogen-bond donors (Lipinski definition) is 1. The fraction of sp³-hybridized carbons (Fsp3) is 0.250. The largest absolute Gasteiger partial charge is 0.392 e. The van der Waals surface area contributed by atoms with Crippen molar-refractivity contribution in [3.05, 3.63) is 35.5 Å². The standard InChI is InChI=1S/C8H12ClN/c1-7(9)5-4-6-8(2)10-3/h4-6,10H,1H2,2-3H3/b5-4-,8-6+. The lowest BCUT2D eigenvalue weighted by Gasteiger charge is -1.93. The van der Waals surface area contributed by atoms with Crippen molar-refractivity contribution in [3.63, 3.8) is 0 Å². The molecule has 0 rings (SSSR count). The Kier molecular flexibility index (Phi) is 4.77. The molecule has 56 valence electrons. The molecule has 0 radical (unpaired) electrons. The van der Waals surface area contributed by atoms with Gasteiger partial charge in [0, 0.05) is 17.8 Å². The molecule has 0 unspecified atom stereocenters. The second kappa shape index (κ2) is 5.12. The van der Waals surface area contributed by atoms with E-state index < -0.39 is 0 Å². The number of hydrogen-bond acceptors (Lipinski definition) is 1. The summed E-state index contributed by atoms with van der Waals surface area (Å²) in [6.45, 7) is 5.48. The molecule has 0 aliphatic rings. The number of rotatable bonds is 3. The van der Waals surface area contributed by atoms with Crippen LogP contribution in [0.4, 0.5) is 0 Å². The molecule has 0 spiro atoms. The van der Waals surface area contributed by atoms with Gasteiger partial charge in [-0.3, -0.25) is 0 Å². The maximum atomic E-state index is 5.47. The van der Waals surface area contributed by atoms with Crippen LogP contribution in [-0.2, 0) is 0 Å². The van der Waals surface area contributed by atoms with Crippen molar-refractivity contribution in [1.82, 2.24) is 5.32 Å². The van der Waals surface area contributed by atoms with Crippen LogP contribution < -0.4 is 5.32 Å².